The molecule has 0 aliphatic heterocycles. The third-order valence-electron chi connectivity index (χ3n) is 2.57. The number of rotatable bonds is 5. The van der Waals surface area contributed by atoms with E-state index in [-0.39, 0.29) is 0 Å². The molecule has 18 heavy (non-hydrogen) atoms. The van der Waals surface area contributed by atoms with Gasteiger partial charge in [0.25, 0.3) is 0 Å². The molecule has 1 heterocycles. The summed E-state index contributed by atoms with van der Waals surface area (Å²) in [4.78, 5) is 8.73. The second-order valence-electron chi connectivity index (χ2n) is 3.88. The first-order valence-electron chi connectivity index (χ1n) is 6.08. The van der Waals surface area contributed by atoms with E-state index in [1.54, 1.807) is 0 Å². The summed E-state index contributed by atoms with van der Waals surface area (Å²) in [6.07, 6.45) is 4.43. The largest absolute Gasteiger partial charge is 0.493 e. The van der Waals surface area contributed by atoms with Crippen LogP contribution in [0.2, 0.25) is 0 Å². The van der Waals surface area contributed by atoms with Gasteiger partial charge in [-0.15, -0.1) is 0 Å². The normalized spacial score (nSPS) is 10.3. The Morgan fingerprint density at radius 3 is 2.56 bits per heavy atom. The summed E-state index contributed by atoms with van der Waals surface area (Å²) in [7, 11) is 0. The monoisotopic (exact) mass is 243 g/mol. The van der Waals surface area contributed by atoms with E-state index in [0.717, 1.165) is 23.3 Å². The number of nitrogens with two attached hydrogens (primary N) is 1. The Morgan fingerprint density at radius 2 is 1.89 bits per heavy atom. The summed E-state index contributed by atoms with van der Waals surface area (Å²) in [5.41, 5.74) is 7.46. The minimum atomic E-state index is 0.609. The Hall–Kier alpha value is -1.94. The molecule has 1 aromatic carbocycles. The zero-order valence-corrected chi connectivity index (χ0v) is 10.5. The van der Waals surface area contributed by atoms with E-state index in [4.69, 9.17) is 10.5 Å². The molecule has 0 bridgehead atoms. The molecule has 0 aliphatic carbocycles. The van der Waals surface area contributed by atoms with Crippen molar-refractivity contribution in [1.82, 2.24) is 9.97 Å². The molecular formula is C14H17N3O. The van der Waals surface area contributed by atoms with Gasteiger partial charge in [0.15, 0.2) is 5.82 Å². The average Bonchev–Trinajstić information content (AvgIpc) is 2.41. The summed E-state index contributed by atoms with van der Waals surface area (Å²) in [6.45, 7) is 3.20. The number of benzene rings is 1. The second kappa shape index (κ2) is 6.12. The number of ether oxygens (including phenoxy) is 1. The highest BCUT2D eigenvalue weighted by atomic mass is 16.5. The molecule has 0 atom stereocenters. The molecule has 0 saturated heterocycles. The third-order valence-corrected chi connectivity index (χ3v) is 2.57. The molecule has 94 valence electrons. The number of hydrogen-bond acceptors (Lipinski definition) is 4. The van der Waals surface area contributed by atoms with Crippen molar-refractivity contribution < 1.29 is 4.74 Å². The smallest absolute Gasteiger partial charge is 0.162 e. The van der Waals surface area contributed by atoms with Gasteiger partial charge in [0.1, 0.15) is 5.75 Å². The maximum atomic E-state index is 5.57. The van der Waals surface area contributed by atoms with Crippen molar-refractivity contribution in [2.45, 2.75) is 13.3 Å². The number of para-hydroxylation sites is 1. The van der Waals surface area contributed by atoms with Crippen molar-refractivity contribution in [1.29, 1.82) is 0 Å². The van der Waals surface area contributed by atoms with Crippen molar-refractivity contribution in [3.8, 4) is 17.1 Å². The molecule has 4 heteroatoms. The summed E-state index contributed by atoms with van der Waals surface area (Å²) in [5.74, 6) is 1.49. The topological polar surface area (TPSA) is 61.0 Å². The van der Waals surface area contributed by atoms with Gasteiger partial charge in [0, 0.05) is 12.4 Å². The zero-order chi connectivity index (χ0) is 12.8. The van der Waals surface area contributed by atoms with Crippen molar-refractivity contribution in [3.63, 3.8) is 0 Å². The Morgan fingerprint density at radius 1 is 1.17 bits per heavy atom. The lowest BCUT2D eigenvalue weighted by Gasteiger charge is -2.08. The van der Waals surface area contributed by atoms with Gasteiger partial charge in [-0.3, -0.25) is 0 Å². The van der Waals surface area contributed by atoms with Crippen LogP contribution in [0.5, 0.6) is 5.75 Å². The van der Waals surface area contributed by atoms with Crippen molar-refractivity contribution in [2.75, 3.05) is 13.2 Å². The van der Waals surface area contributed by atoms with Crippen molar-refractivity contribution >= 4 is 0 Å². The molecule has 2 aromatic rings. The highest BCUT2D eigenvalue weighted by Gasteiger charge is 2.07. The molecule has 0 unspecified atom stereocenters. The van der Waals surface area contributed by atoms with Crippen LogP contribution in [0.15, 0.2) is 36.7 Å². The van der Waals surface area contributed by atoms with Crippen LogP contribution in [-0.2, 0) is 6.42 Å². The zero-order valence-electron chi connectivity index (χ0n) is 10.5. The summed E-state index contributed by atoms with van der Waals surface area (Å²) in [6, 6.07) is 7.78. The van der Waals surface area contributed by atoms with E-state index in [2.05, 4.69) is 9.97 Å². The highest BCUT2D eigenvalue weighted by Crippen LogP contribution is 2.26. The summed E-state index contributed by atoms with van der Waals surface area (Å²) in [5, 5.41) is 0. The first kappa shape index (κ1) is 12.5. The van der Waals surface area contributed by atoms with Crippen LogP contribution in [0.25, 0.3) is 11.4 Å². The Balaban J connectivity index is 2.30. The lowest BCUT2D eigenvalue weighted by molar-refractivity contribution is 0.341. The van der Waals surface area contributed by atoms with Crippen LogP contribution < -0.4 is 10.5 Å². The minimum absolute atomic E-state index is 0.609. The standard InChI is InChI=1S/C14H17N3O/c1-2-18-13-6-4-3-5-12(13)14-16-9-11(7-8-15)10-17-14/h3-6,9-10H,2,7-8,15H2,1H3. The lowest BCUT2D eigenvalue weighted by atomic mass is 10.2. The number of aromatic nitrogens is 2. The molecule has 0 spiro atoms. The van der Waals surface area contributed by atoms with E-state index < -0.39 is 0 Å². The summed E-state index contributed by atoms with van der Waals surface area (Å²) >= 11 is 0. The van der Waals surface area contributed by atoms with Gasteiger partial charge < -0.3 is 10.5 Å². The van der Waals surface area contributed by atoms with Crippen LogP contribution in [0, 0.1) is 0 Å². The predicted molar refractivity (Wildman–Crippen MR) is 71.4 cm³/mol. The molecule has 0 saturated carbocycles. The van der Waals surface area contributed by atoms with Crippen LogP contribution in [0.4, 0.5) is 0 Å². The van der Waals surface area contributed by atoms with E-state index in [9.17, 15) is 0 Å². The van der Waals surface area contributed by atoms with E-state index in [1.165, 1.54) is 0 Å². The van der Waals surface area contributed by atoms with Gasteiger partial charge in [-0.2, -0.15) is 0 Å². The van der Waals surface area contributed by atoms with Gasteiger partial charge >= 0.3 is 0 Å². The van der Waals surface area contributed by atoms with Crippen LogP contribution in [0.1, 0.15) is 12.5 Å². The van der Waals surface area contributed by atoms with Crippen LogP contribution >= 0.6 is 0 Å². The van der Waals surface area contributed by atoms with Gasteiger partial charge in [-0.25, -0.2) is 9.97 Å². The minimum Gasteiger partial charge on any atom is -0.493 e. The molecule has 0 amide bonds. The van der Waals surface area contributed by atoms with E-state index in [0.29, 0.717) is 19.0 Å². The lowest BCUT2D eigenvalue weighted by Crippen LogP contribution is -2.04. The molecule has 1 aromatic heterocycles. The van der Waals surface area contributed by atoms with Crippen LogP contribution in [-0.4, -0.2) is 23.1 Å². The fourth-order valence-corrected chi connectivity index (χ4v) is 1.72. The molecule has 0 aliphatic rings. The molecule has 4 nitrogen and oxygen atoms in total. The van der Waals surface area contributed by atoms with Gasteiger partial charge in [0.05, 0.1) is 12.2 Å². The molecule has 2 N–H and O–H groups in total. The van der Waals surface area contributed by atoms with Gasteiger partial charge in [-0.1, -0.05) is 12.1 Å². The van der Waals surface area contributed by atoms with E-state index >= 15 is 0 Å². The maximum Gasteiger partial charge on any atom is 0.162 e. The molecule has 0 radical (unpaired) electrons. The third kappa shape index (κ3) is 2.84. The first-order chi connectivity index (χ1) is 8.85. The SMILES string of the molecule is CCOc1ccccc1-c1ncc(CCN)cn1. The molecule has 0 fully saturated rings. The predicted octanol–water partition coefficient (Wildman–Crippen LogP) is 2.04. The summed E-state index contributed by atoms with van der Waals surface area (Å²) < 4.78 is 5.57. The second-order valence-corrected chi connectivity index (χ2v) is 3.88. The Kier molecular flexibility index (Phi) is 4.25. The fraction of sp³-hybridized carbons (Fsp3) is 0.286. The van der Waals surface area contributed by atoms with E-state index in [1.807, 2.05) is 43.6 Å². The Bertz CT molecular complexity index is 497. The number of hydrogen-bond donors (Lipinski definition) is 1. The quantitative estimate of drug-likeness (QED) is 0.873. The number of nitrogens with zero attached hydrogens (tertiary/aromatic N) is 2. The molecule has 2 rings (SSSR count). The Labute approximate surface area is 107 Å². The fourth-order valence-electron chi connectivity index (χ4n) is 1.72. The van der Waals surface area contributed by atoms with Crippen molar-refractivity contribution in [2.24, 2.45) is 5.73 Å². The van der Waals surface area contributed by atoms with Gasteiger partial charge in [-0.05, 0) is 37.6 Å². The van der Waals surface area contributed by atoms with Gasteiger partial charge in [0.2, 0.25) is 0 Å². The molecular weight excluding hydrogens is 226 g/mol. The first-order valence-corrected chi connectivity index (χ1v) is 6.08. The highest BCUT2D eigenvalue weighted by molar-refractivity contribution is 5.63. The maximum absolute atomic E-state index is 5.57. The van der Waals surface area contributed by atoms with Crippen molar-refractivity contribution in [3.05, 3.63) is 42.2 Å². The average molecular weight is 243 g/mol. The van der Waals surface area contributed by atoms with Crippen LogP contribution in [0.3, 0.4) is 0 Å².